The number of hydrogen-bond donors (Lipinski definition) is 0. The molecule has 0 bridgehead atoms. The standard InChI is InChI=1S/C27H30FN3O2S/c28-24-11-13-25(14-12-24)30-17-15-29(16-18-30)19-23-20-31(21-27(23)22-7-3-1-4-8-22)34(32,33)26-9-5-2-6-10-26/h1-14,23,27H,15-21H2. The fourth-order valence-electron chi connectivity index (χ4n) is 5.20. The van der Waals surface area contributed by atoms with Crippen molar-refractivity contribution in [3.63, 3.8) is 0 Å². The van der Waals surface area contributed by atoms with Gasteiger partial charge < -0.3 is 4.90 Å². The summed E-state index contributed by atoms with van der Waals surface area (Å²) < 4.78 is 41.6. The monoisotopic (exact) mass is 479 g/mol. The van der Waals surface area contributed by atoms with E-state index >= 15 is 0 Å². The van der Waals surface area contributed by atoms with Crippen LogP contribution in [-0.2, 0) is 10.0 Å². The first kappa shape index (κ1) is 23.0. The van der Waals surface area contributed by atoms with Crippen LogP contribution in [0.25, 0.3) is 0 Å². The van der Waals surface area contributed by atoms with Crippen molar-refractivity contribution in [2.75, 3.05) is 50.7 Å². The largest absolute Gasteiger partial charge is 0.369 e. The summed E-state index contributed by atoms with van der Waals surface area (Å²) in [6.45, 7) is 5.44. The summed E-state index contributed by atoms with van der Waals surface area (Å²) in [5.41, 5.74) is 2.24. The van der Waals surface area contributed by atoms with Crippen molar-refractivity contribution in [2.24, 2.45) is 5.92 Å². The SMILES string of the molecule is O=S(=O)(c1ccccc1)N1CC(CN2CCN(c3ccc(F)cc3)CC2)C(c2ccccc2)C1. The molecule has 0 radical (unpaired) electrons. The Bertz CT molecular complexity index is 1180. The zero-order valence-electron chi connectivity index (χ0n) is 19.1. The van der Waals surface area contributed by atoms with Gasteiger partial charge in [0, 0.05) is 57.4 Å². The molecule has 5 nitrogen and oxygen atoms in total. The van der Waals surface area contributed by atoms with Crippen molar-refractivity contribution in [1.29, 1.82) is 0 Å². The van der Waals surface area contributed by atoms with Crippen LogP contribution in [0.1, 0.15) is 11.5 Å². The maximum Gasteiger partial charge on any atom is 0.243 e. The molecule has 2 aliphatic rings. The number of rotatable bonds is 6. The van der Waals surface area contributed by atoms with Gasteiger partial charge in [-0.15, -0.1) is 0 Å². The Morgan fingerprint density at radius 2 is 1.38 bits per heavy atom. The normalized spacial score (nSPS) is 22.2. The van der Waals surface area contributed by atoms with Gasteiger partial charge in [0.05, 0.1) is 4.90 Å². The molecular formula is C27H30FN3O2S. The maximum absolute atomic E-state index is 13.4. The molecule has 5 rings (SSSR count). The van der Waals surface area contributed by atoms with Crippen molar-refractivity contribution in [3.8, 4) is 0 Å². The van der Waals surface area contributed by atoms with E-state index < -0.39 is 10.0 Å². The van der Waals surface area contributed by atoms with E-state index in [1.54, 1.807) is 28.6 Å². The third-order valence-electron chi connectivity index (χ3n) is 7.07. The van der Waals surface area contributed by atoms with Crippen LogP contribution < -0.4 is 4.90 Å². The summed E-state index contributed by atoms with van der Waals surface area (Å²) >= 11 is 0. The maximum atomic E-state index is 13.4. The second kappa shape index (κ2) is 9.86. The minimum absolute atomic E-state index is 0.162. The lowest BCUT2D eigenvalue weighted by atomic mass is 9.88. The van der Waals surface area contributed by atoms with E-state index in [9.17, 15) is 12.8 Å². The van der Waals surface area contributed by atoms with Crippen LogP contribution in [0.2, 0.25) is 0 Å². The summed E-state index contributed by atoms with van der Waals surface area (Å²) in [4.78, 5) is 5.08. The quantitative estimate of drug-likeness (QED) is 0.535. The molecule has 2 saturated heterocycles. The Labute approximate surface area is 201 Å². The predicted molar refractivity (Wildman–Crippen MR) is 133 cm³/mol. The Kier molecular flexibility index (Phi) is 6.68. The van der Waals surface area contributed by atoms with E-state index in [-0.39, 0.29) is 17.7 Å². The molecule has 2 fully saturated rings. The van der Waals surface area contributed by atoms with Crippen molar-refractivity contribution in [1.82, 2.24) is 9.21 Å². The van der Waals surface area contributed by atoms with E-state index in [0.29, 0.717) is 18.0 Å². The molecule has 0 aliphatic carbocycles. The van der Waals surface area contributed by atoms with E-state index in [2.05, 4.69) is 21.9 Å². The van der Waals surface area contributed by atoms with Crippen LogP contribution in [0.5, 0.6) is 0 Å². The van der Waals surface area contributed by atoms with Crippen LogP contribution >= 0.6 is 0 Å². The van der Waals surface area contributed by atoms with Crippen molar-refractivity contribution in [3.05, 3.63) is 96.3 Å². The third-order valence-corrected chi connectivity index (χ3v) is 8.92. The minimum atomic E-state index is -3.53. The molecule has 2 unspecified atom stereocenters. The summed E-state index contributed by atoms with van der Waals surface area (Å²) in [5.74, 6) is 0.165. The van der Waals surface area contributed by atoms with Crippen molar-refractivity contribution in [2.45, 2.75) is 10.8 Å². The Balaban J connectivity index is 1.30. The molecule has 0 spiro atoms. The topological polar surface area (TPSA) is 43.9 Å². The van der Waals surface area contributed by atoms with Gasteiger partial charge in [-0.05, 0) is 47.9 Å². The summed E-state index contributed by atoms with van der Waals surface area (Å²) in [5, 5.41) is 0. The summed E-state index contributed by atoms with van der Waals surface area (Å²) in [6, 6.07) is 25.7. The van der Waals surface area contributed by atoms with Crippen LogP contribution in [0.3, 0.4) is 0 Å². The van der Waals surface area contributed by atoms with Gasteiger partial charge in [0.25, 0.3) is 0 Å². The number of benzene rings is 3. The van der Waals surface area contributed by atoms with Crippen LogP contribution in [0.15, 0.2) is 89.8 Å². The van der Waals surface area contributed by atoms with Gasteiger partial charge in [-0.25, -0.2) is 12.8 Å². The fraction of sp³-hybridized carbons (Fsp3) is 0.333. The van der Waals surface area contributed by atoms with Crippen molar-refractivity contribution >= 4 is 15.7 Å². The third kappa shape index (κ3) is 4.87. The van der Waals surface area contributed by atoms with Crippen molar-refractivity contribution < 1.29 is 12.8 Å². The molecule has 34 heavy (non-hydrogen) atoms. The highest BCUT2D eigenvalue weighted by atomic mass is 32.2. The molecule has 2 heterocycles. The number of halogens is 1. The number of hydrogen-bond acceptors (Lipinski definition) is 4. The summed E-state index contributed by atoms with van der Waals surface area (Å²) in [7, 11) is -3.53. The second-order valence-electron chi connectivity index (χ2n) is 9.18. The van der Waals surface area contributed by atoms with E-state index in [0.717, 1.165) is 38.4 Å². The molecule has 0 aromatic heterocycles. The molecule has 2 aliphatic heterocycles. The van der Waals surface area contributed by atoms with E-state index in [4.69, 9.17) is 0 Å². The molecule has 0 amide bonds. The lowest BCUT2D eigenvalue weighted by Gasteiger charge is -2.38. The fourth-order valence-corrected chi connectivity index (χ4v) is 6.75. The molecule has 3 aromatic rings. The molecule has 0 saturated carbocycles. The summed E-state index contributed by atoms with van der Waals surface area (Å²) in [6.07, 6.45) is 0. The number of piperazine rings is 1. The first-order valence-corrected chi connectivity index (χ1v) is 13.3. The van der Waals surface area contributed by atoms with Gasteiger partial charge in [0.2, 0.25) is 10.0 Å². The first-order valence-electron chi connectivity index (χ1n) is 11.8. The van der Waals surface area contributed by atoms with Gasteiger partial charge in [-0.2, -0.15) is 4.31 Å². The van der Waals surface area contributed by atoms with Crippen LogP contribution in [0, 0.1) is 11.7 Å². The molecule has 2 atom stereocenters. The smallest absolute Gasteiger partial charge is 0.243 e. The molecule has 7 heteroatoms. The zero-order valence-corrected chi connectivity index (χ0v) is 19.9. The molecule has 3 aromatic carbocycles. The van der Waals surface area contributed by atoms with Crippen LogP contribution in [0.4, 0.5) is 10.1 Å². The number of nitrogens with zero attached hydrogens (tertiary/aromatic N) is 3. The second-order valence-corrected chi connectivity index (χ2v) is 11.1. The molecular weight excluding hydrogens is 449 g/mol. The lowest BCUT2D eigenvalue weighted by Crippen LogP contribution is -2.48. The first-order chi connectivity index (χ1) is 16.5. The Morgan fingerprint density at radius 1 is 0.765 bits per heavy atom. The minimum Gasteiger partial charge on any atom is -0.369 e. The average Bonchev–Trinajstić information content (AvgIpc) is 3.31. The lowest BCUT2D eigenvalue weighted by molar-refractivity contribution is 0.215. The molecule has 178 valence electrons. The molecule has 0 N–H and O–H groups in total. The number of sulfonamides is 1. The van der Waals surface area contributed by atoms with Gasteiger partial charge in [0.15, 0.2) is 0 Å². The van der Waals surface area contributed by atoms with Gasteiger partial charge in [-0.1, -0.05) is 48.5 Å². The zero-order chi connectivity index (χ0) is 23.5. The van der Waals surface area contributed by atoms with Crippen LogP contribution in [-0.4, -0.2) is 63.4 Å². The van der Waals surface area contributed by atoms with Gasteiger partial charge >= 0.3 is 0 Å². The van der Waals surface area contributed by atoms with E-state index in [1.165, 1.54) is 17.7 Å². The predicted octanol–water partition coefficient (Wildman–Crippen LogP) is 4.05. The highest BCUT2D eigenvalue weighted by Gasteiger charge is 2.40. The van der Waals surface area contributed by atoms with Gasteiger partial charge in [0.1, 0.15) is 5.82 Å². The average molecular weight is 480 g/mol. The number of anilines is 1. The highest BCUT2D eigenvalue weighted by Crippen LogP contribution is 2.36. The Hall–Kier alpha value is -2.74. The van der Waals surface area contributed by atoms with E-state index in [1.807, 2.05) is 36.4 Å². The Morgan fingerprint density at radius 3 is 2.03 bits per heavy atom. The van der Waals surface area contributed by atoms with Gasteiger partial charge in [-0.3, -0.25) is 4.90 Å². The highest BCUT2D eigenvalue weighted by molar-refractivity contribution is 7.89.